The van der Waals surface area contributed by atoms with E-state index in [1.807, 2.05) is 0 Å². The molecule has 0 fully saturated rings. The van der Waals surface area contributed by atoms with E-state index in [4.69, 9.17) is 36.3 Å². The summed E-state index contributed by atoms with van der Waals surface area (Å²) >= 11 is 5.89. The fourth-order valence-corrected chi connectivity index (χ4v) is 2.61. The molecule has 3 N–H and O–H groups in total. The fourth-order valence-electron chi connectivity index (χ4n) is 2.40. The molecule has 0 aromatic heterocycles. The summed E-state index contributed by atoms with van der Waals surface area (Å²) < 4.78 is 20.7. The van der Waals surface area contributed by atoms with E-state index in [0.717, 1.165) is 5.56 Å². The monoisotopic (exact) mass is 436 g/mol. The quantitative estimate of drug-likeness (QED) is 0.542. The second kappa shape index (κ2) is 10.9. The van der Waals surface area contributed by atoms with Gasteiger partial charge < -0.3 is 30.0 Å². The minimum atomic E-state index is -0.772. The average Bonchev–Trinajstić information content (AvgIpc) is 2.73. The Labute approximate surface area is 178 Å². The molecule has 0 aliphatic rings. The molecule has 0 heterocycles. The summed E-state index contributed by atoms with van der Waals surface area (Å²) in [5, 5.41) is 3.18. The van der Waals surface area contributed by atoms with Gasteiger partial charge in [0.05, 0.1) is 19.8 Å². The van der Waals surface area contributed by atoms with Crippen molar-refractivity contribution in [3.63, 3.8) is 0 Å². The average molecular weight is 437 g/mol. The highest BCUT2D eigenvalue weighted by Gasteiger charge is 2.19. The SMILES string of the molecule is COc1cc(C(=O)OCC(=O)NCc2cccc(Cl)c2)cc(OC)c1OCC(N)=O. The molecule has 10 heteroatoms. The van der Waals surface area contributed by atoms with Crippen molar-refractivity contribution in [3.05, 3.63) is 52.5 Å². The van der Waals surface area contributed by atoms with E-state index in [1.54, 1.807) is 24.3 Å². The van der Waals surface area contributed by atoms with E-state index in [2.05, 4.69) is 5.32 Å². The number of benzene rings is 2. The maximum atomic E-state index is 12.3. The number of primary amides is 1. The summed E-state index contributed by atoms with van der Waals surface area (Å²) in [6.07, 6.45) is 0. The van der Waals surface area contributed by atoms with Crippen molar-refractivity contribution in [2.75, 3.05) is 27.4 Å². The number of halogens is 1. The van der Waals surface area contributed by atoms with Gasteiger partial charge in [0.2, 0.25) is 5.75 Å². The third kappa shape index (κ3) is 6.56. The van der Waals surface area contributed by atoms with Crippen molar-refractivity contribution in [2.45, 2.75) is 6.54 Å². The Hall–Kier alpha value is -3.46. The zero-order valence-corrected chi connectivity index (χ0v) is 17.2. The molecular formula is C20H21ClN2O7. The van der Waals surface area contributed by atoms with Crippen LogP contribution in [0.5, 0.6) is 17.2 Å². The molecule has 0 spiro atoms. The highest BCUT2D eigenvalue weighted by molar-refractivity contribution is 6.30. The predicted molar refractivity (Wildman–Crippen MR) is 108 cm³/mol. The van der Waals surface area contributed by atoms with Crippen LogP contribution >= 0.6 is 11.6 Å². The highest BCUT2D eigenvalue weighted by Crippen LogP contribution is 2.38. The summed E-state index contributed by atoms with van der Waals surface area (Å²) in [6.45, 7) is -0.641. The highest BCUT2D eigenvalue weighted by atomic mass is 35.5. The largest absolute Gasteiger partial charge is 0.493 e. The van der Waals surface area contributed by atoms with Gasteiger partial charge in [-0.15, -0.1) is 0 Å². The first kappa shape index (κ1) is 22.8. The molecule has 0 aliphatic carbocycles. The van der Waals surface area contributed by atoms with Gasteiger partial charge in [0.1, 0.15) is 0 Å². The van der Waals surface area contributed by atoms with Crippen molar-refractivity contribution in [1.82, 2.24) is 5.32 Å². The molecule has 0 radical (unpaired) electrons. The first-order valence-electron chi connectivity index (χ1n) is 8.69. The van der Waals surface area contributed by atoms with Gasteiger partial charge in [-0.2, -0.15) is 0 Å². The molecule has 2 amide bonds. The number of methoxy groups -OCH3 is 2. The van der Waals surface area contributed by atoms with Gasteiger partial charge in [0, 0.05) is 11.6 Å². The number of rotatable bonds is 10. The number of ether oxygens (including phenoxy) is 4. The Morgan fingerprint density at radius 3 is 2.27 bits per heavy atom. The van der Waals surface area contributed by atoms with Gasteiger partial charge in [-0.3, -0.25) is 9.59 Å². The normalized spacial score (nSPS) is 10.1. The molecule has 0 unspecified atom stereocenters. The van der Waals surface area contributed by atoms with Crippen LogP contribution in [0.1, 0.15) is 15.9 Å². The van der Waals surface area contributed by atoms with Crippen molar-refractivity contribution in [3.8, 4) is 17.2 Å². The number of hydrogen-bond donors (Lipinski definition) is 2. The molecule has 0 saturated carbocycles. The Morgan fingerprint density at radius 1 is 1.03 bits per heavy atom. The van der Waals surface area contributed by atoms with E-state index in [9.17, 15) is 14.4 Å². The van der Waals surface area contributed by atoms with Crippen LogP contribution in [0.4, 0.5) is 0 Å². The predicted octanol–water partition coefficient (Wildman–Crippen LogP) is 1.69. The molecule has 0 bridgehead atoms. The topological polar surface area (TPSA) is 126 Å². The van der Waals surface area contributed by atoms with Crippen LogP contribution in [0.3, 0.4) is 0 Å². The number of hydrogen-bond acceptors (Lipinski definition) is 7. The van der Waals surface area contributed by atoms with Crippen LogP contribution in [0.25, 0.3) is 0 Å². The molecule has 2 aromatic rings. The van der Waals surface area contributed by atoms with Crippen molar-refractivity contribution >= 4 is 29.4 Å². The van der Waals surface area contributed by atoms with Crippen LogP contribution in [-0.4, -0.2) is 45.2 Å². The second-order valence-corrected chi connectivity index (χ2v) is 6.38. The lowest BCUT2D eigenvalue weighted by molar-refractivity contribution is -0.124. The Kier molecular flexibility index (Phi) is 8.30. The molecule has 9 nitrogen and oxygen atoms in total. The van der Waals surface area contributed by atoms with Gasteiger partial charge >= 0.3 is 5.97 Å². The number of nitrogens with one attached hydrogen (secondary N) is 1. The molecule has 0 atom stereocenters. The summed E-state index contributed by atoms with van der Waals surface area (Å²) in [5.74, 6) is -1.57. The number of nitrogens with two attached hydrogens (primary N) is 1. The number of carbonyl (C=O) groups is 3. The molecular weight excluding hydrogens is 416 g/mol. The number of esters is 1. The summed E-state index contributed by atoms with van der Waals surface area (Å²) in [7, 11) is 2.70. The molecule has 30 heavy (non-hydrogen) atoms. The van der Waals surface area contributed by atoms with Crippen LogP contribution in [0.2, 0.25) is 5.02 Å². The van der Waals surface area contributed by atoms with Gasteiger partial charge in [-0.25, -0.2) is 4.79 Å². The van der Waals surface area contributed by atoms with Crippen molar-refractivity contribution in [1.29, 1.82) is 0 Å². The van der Waals surface area contributed by atoms with Crippen LogP contribution in [0.15, 0.2) is 36.4 Å². The maximum Gasteiger partial charge on any atom is 0.338 e. The van der Waals surface area contributed by atoms with Crippen LogP contribution in [0, 0.1) is 0 Å². The third-order valence-corrected chi connectivity index (χ3v) is 4.00. The van der Waals surface area contributed by atoms with E-state index >= 15 is 0 Å². The Bertz CT molecular complexity index is 908. The van der Waals surface area contributed by atoms with E-state index in [0.29, 0.717) is 5.02 Å². The molecule has 2 aromatic carbocycles. The van der Waals surface area contributed by atoms with Crippen molar-refractivity contribution in [2.24, 2.45) is 5.73 Å². The van der Waals surface area contributed by atoms with Gasteiger partial charge in [0.25, 0.3) is 11.8 Å². The zero-order valence-electron chi connectivity index (χ0n) is 16.4. The number of carbonyl (C=O) groups excluding carboxylic acids is 3. The molecule has 0 saturated heterocycles. The molecule has 2 rings (SSSR count). The van der Waals surface area contributed by atoms with Gasteiger partial charge in [-0.1, -0.05) is 23.7 Å². The standard InChI is InChI=1S/C20H21ClN2O7/c1-27-15-7-13(8-16(28-2)19(15)29-10-17(22)24)20(26)30-11-18(25)23-9-12-4-3-5-14(21)6-12/h3-8H,9-11H2,1-2H3,(H2,22,24)(H,23,25). The lowest BCUT2D eigenvalue weighted by Gasteiger charge is -2.15. The Morgan fingerprint density at radius 2 is 1.70 bits per heavy atom. The van der Waals surface area contributed by atoms with E-state index in [1.165, 1.54) is 26.4 Å². The van der Waals surface area contributed by atoms with Gasteiger partial charge in [-0.05, 0) is 29.8 Å². The minimum Gasteiger partial charge on any atom is -0.493 e. The lowest BCUT2D eigenvalue weighted by Crippen LogP contribution is -2.28. The van der Waals surface area contributed by atoms with E-state index in [-0.39, 0.29) is 29.4 Å². The summed E-state index contributed by atoms with van der Waals surface area (Å²) in [6, 6.07) is 9.69. The molecule has 0 aliphatic heterocycles. The van der Waals surface area contributed by atoms with Crippen LogP contribution < -0.4 is 25.3 Å². The van der Waals surface area contributed by atoms with Crippen LogP contribution in [-0.2, 0) is 20.9 Å². The zero-order chi connectivity index (χ0) is 22.1. The summed E-state index contributed by atoms with van der Waals surface area (Å²) in [4.78, 5) is 35.2. The van der Waals surface area contributed by atoms with Gasteiger partial charge in [0.15, 0.2) is 24.7 Å². The Balaban J connectivity index is 2.00. The second-order valence-electron chi connectivity index (χ2n) is 5.95. The summed E-state index contributed by atoms with van der Waals surface area (Å²) in [5.41, 5.74) is 5.95. The fraction of sp³-hybridized carbons (Fsp3) is 0.250. The first-order valence-corrected chi connectivity index (χ1v) is 9.07. The lowest BCUT2D eigenvalue weighted by atomic mass is 10.2. The third-order valence-electron chi connectivity index (χ3n) is 3.77. The first-order chi connectivity index (χ1) is 14.3. The minimum absolute atomic E-state index is 0.0674. The molecule has 160 valence electrons. The van der Waals surface area contributed by atoms with E-state index < -0.39 is 31.0 Å². The maximum absolute atomic E-state index is 12.3. The smallest absolute Gasteiger partial charge is 0.338 e. The number of amides is 2. The van der Waals surface area contributed by atoms with Crippen molar-refractivity contribution < 1.29 is 33.3 Å².